The number of hydrogen-bond donors (Lipinski definition) is 1. The number of benzene rings is 1. The van der Waals surface area contributed by atoms with Crippen LogP contribution in [-0.2, 0) is 0 Å². The minimum absolute atomic E-state index is 0.777. The van der Waals surface area contributed by atoms with Gasteiger partial charge in [-0.3, -0.25) is 0 Å². The highest BCUT2D eigenvalue weighted by molar-refractivity contribution is 7.08. The Kier molecular flexibility index (Phi) is 1.79. The first-order valence-electron chi connectivity index (χ1n) is 4.65. The van der Waals surface area contributed by atoms with Crippen molar-refractivity contribution in [2.75, 3.05) is 5.73 Å². The first-order chi connectivity index (χ1) is 7.34. The van der Waals surface area contributed by atoms with E-state index in [1.54, 1.807) is 11.3 Å². The summed E-state index contributed by atoms with van der Waals surface area (Å²) in [5.41, 5.74) is 8.51. The lowest BCUT2D eigenvalue weighted by molar-refractivity contribution is 0.632. The standard InChI is InChI=1S/C12H9NOS/c13-10-7-15-6-9(10)12-5-8-3-1-2-4-11(8)14-12/h1-7H,13H2. The third kappa shape index (κ3) is 1.32. The van der Waals surface area contributed by atoms with Crippen LogP contribution in [0.2, 0.25) is 0 Å². The van der Waals surface area contributed by atoms with Crippen LogP contribution in [0.3, 0.4) is 0 Å². The van der Waals surface area contributed by atoms with Gasteiger partial charge in [-0.15, -0.1) is 11.3 Å². The highest BCUT2D eigenvalue weighted by Crippen LogP contribution is 2.33. The third-order valence-corrected chi connectivity index (χ3v) is 3.14. The molecule has 0 aliphatic heterocycles. The zero-order valence-electron chi connectivity index (χ0n) is 7.94. The van der Waals surface area contributed by atoms with Gasteiger partial charge in [-0.25, -0.2) is 0 Å². The monoisotopic (exact) mass is 215 g/mol. The number of para-hydroxylation sites is 1. The van der Waals surface area contributed by atoms with Crippen molar-refractivity contribution in [3.8, 4) is 11.3 Å². The van der Waals surface area contributed by atoms with E-state index >= 15 is 0 Å². The molecule has 0 saturated heterocycles. The molecule has 2 heterocycles. The molecule has 1 aromatic carbocycles. The fourth-order valence-electron chi connectivity index (χ4n) is 1.62. The van der Waals surface area contributed by atoms with Crippen LogP contribution in [0.25, 0.3) is 22.3 Å². The van der Waals surface area contributed by atoms with Crippen molar-refractivity contribution in [3.63, 3.8) is 0 Å². The topological polar surface area (TPSA) is 39.2 Å². The Labute approximate surface area is 90.9 Å². The SMILES string of the molecule is Nc1cscc1-c1cc2ccccc2o1. The van der Waals surface area contributed by atoms with Crippen LogP contribution in [0.1, 0.15) is 0 Å². The average molecular weight is 215 g/mol. The maximum atomic E-state index is 5.84. The van der Waals surface area contributed by atoms with Gasteiger partial charge in [0.2, 0.25) is 0 Å². The summed E-state index contributed by atoms with van der Waals surface area (Å²) in [7, 11) is 0. The molecule has 2 N–H and O–H groups in total. The first-order valence-corrected chi connectivity index (χ1v) is 5.59. The second-order valence-corrected chi connectivity index (χ2v) is 4.13. The summed E-state index contributed by atoms with van der Waals surface area (Å²) >= 11 is 1.59. The fraction of sp³-hybridized carbons (Fsp3) is 0. The van der Waals surface area contributed by atoms with Crippen molar-refractivity contribution in [1.82, 2.24) is 0 Å². The van der Waals surface area contributed by atoms with Gasteiger partial charge in [-0.2, -0.15) is 0 Å². The quantitative estimate of drug-likeness (QED) is 0.671. The Morgan fingerprint density at radius 2 is 2.00 bits per heavy atom. The molecule has 0 bridgehead atoms. The predicted octanol–water partition coefficient (Wildman–Crippen LogP) is 3.74. The third-order valence-electron chi connectivity index (χ3n) is 2.38. The van der Waals surface area contributed by atoms with E-state index in [0.717, 1.165) is 28.0 Å². The molecule has 74 valence electrons. The van der Waals surface area contributed by atoms with Crippen molar-refractivity contribution < 1.29 is 4.42 Å². The van der Waals surface area contributed by atoms with Crippen LogP contribution in [-0.4, -0.2) is 0 Å². The Morgan fingerprint density at radius 1 is 1.13 bits per heavy atom. The van der Waals surface area contributed by atoms with Gasteiger partial charge < -0.3 is 10.2 Å². The van der Waals surface area contributed by atoms with E-state index in [4.69, 9.17) is 10.2 Å². The second-order valence-electron chi connectivity index (χ2n) is 3.39. The number of nitrogen functional groups attached to an aromatic ring is 1. The summed E-state index contributed by atoms with van der Waals surface area (Å²) in [6, 6.07) is 9.98. The molecule has 0 spiro atoms. The normalized spacial score (nSPS) is 10.9. The molecule has 0 aliphatic rings. The average Bonchev–Trinajstić information content (AvgIpc) is 2.82. The van der Waals surface area contributed by atoms with E-state index in [1.807, 2.05) is 41.1 Å². The molecular formula is C12H9NOS. The van der Waals surface area contributed by atoms with Gasteiger partial charge in [-0.05, 0) is 12.1 Å². The minimum Gasteiger partial charge on any atom is -0.456 e. The molecule has 0 saturated carbocycles. The Balaban J connectivity index is 2.24. The van der Waals surface area contributed by atoms with Gasteiger partial charge in [0.05, 0.1) is 11.3 Å². The van der Waals surface area contributed by atoms with E-state index in [-0.39, 0.29) is 0 Å². The maximum Gasteiger partial charge on any atom is 0.138 e. The first kappa shape index (κ1) is 8.56. The number of hydrogen-bond acceptors (Lipinski definition) is 3. The second kappa shape index (κ2) is 3.14. The highest BCUT2D eigenvalue weighted by Gasteiger charge is 2.08. The molecule has 0 amide bonds. The van der Waals surface area contributed by atoms with E-state index in [1.165, 1.54) is 0 Å². The van der Waals surface area contributed by atoms with E-state index in [9.17, 15) is 0 Å². The van der Waals surface area contributed by atoms with Gasteiger partial charge in [0.15, 0.2) is 0 Å². The smallest absolute Gasteiger partial charge is 0.138 e. The largest absolute Gasteiger partial charge is 0.456 e. The van der Waals surface area contributed by atoms with Crippen molar-refractivity contribution in [2.24, 2.45) is 0 Å². The summed E-state index contributed by atoms with van der Waals surface area (Å²) in [4.78, 5) is 0. The lowest BCUT2D eigenvalue weighted by Gasteiger charge is -1.92. The van der Waals surface area contributed by atoms with Crippen LogP contribution in [0, 0.1) is 0 Å². The number of thiophene rings is 1. The molecule has 0 unspecified atom stereocenters. The van der Waals surface area contributed by atoms with E-state index in [2.05, 4.69) is 0 Å². The Bertz CT molecular complexity index is 576. The van der Waals surface area contributed by atoms with Gasteiger partial charge in [0, 0.05) is 16.1 Å². The molecule has 15 heavy (non-hydrogen) atoms. The molecule has 2 aromatic heterocycles. The predicted molar refractivity (Wildman–Crippen MR) is 63.9 cm³/mol. The number of rotatable bonds is 1. The van der Waals surface area contributed by atoms with Gasteiger partial charge in [-0.1, -0.05) is 18.2 Å². The number of fused-ring (bicyclic) bond motifs is 1. The van der Waals surface area contributed by atoms with Crippen LogP contribution in [0.15, 0.2) is 45.5 Å². The molecule has 0 atom stereocenters. The highest BCUT2D eigenvalue weighted by atomic mass is 32.1. The van der Waals surface area contributed by atoms with Crippen LogP contribution in [0.5, 0.6) is 0 Å². The van der Waals surface area contributed by atoms with Crippen LogP contribution < -0.4 is 5.73 Å². The molecule has 0 radical (unpaired) electrons. The molecule has 3 rings (SSSR count). The molecular weight excluding hydrogens is 206 g/mol. The number of anilines is 1. The van der Waals surface area contributed by atoms with Gasteiger partial charge in [0.25, 0.3) is 0 Å². The van der Waals surface area contributed by atoms with E-state index < -0.39 is 0 Å². The summed E-state index contributed by atoms with van der Waals surface area (Å²) in [6.07, 6.45) is 0. The zero-order valence-corrected chi connectivity index (χ0v) is 8.75. The van der Waals surface area contributed by atoms with Crippen LogP contribution in [0.4, 0.5) is 5.69 Å². The molecule has 3 aromatic rings. The molecule has 3 heteroatoms. The van der Waals surface area contributed by atoms with Gasteiger partial charge in [0.1, 0.15) is 11.3 Å². The number of nitrogens with two attached hydrogens (primary N) is 1. The minimum atomic E-state index is 0.777. The summed E-state index contributed by atoms with van der Waals surface area (Å²) in [5.74, 6) is 0.843. The maximum absolute atomic E-state index is 5.84. The summed E-state index contributed by atoms with van der Waals surface area (Å²) in [6.45, 7) is 0. The lowest BCUT2D eigenvalue weighted by atomic mass is 10.2. The fourth-order valence-corrected chi connectivity index (χ4v) is 2.35. The molecule has 0 aliphatic carbocycles. The molecule has 0 fully saturated rings. The Hall–Kier alpha value is -1.74. The summed E-state index contributed by atoms with van der Waals surface area (Å²) in [5, 5.41) is 5.04. The van der Waals surface area contributed by atoms with Gasteiger partial charge >= 0.3 is 0 Å². The van der Waals surface area contributed by atoms with Crippen molar-refractivity contribution in [1.29, 1.82) is 0 Å². The van der Waals surface area contributed by atoms with Crippen molar-refractivity contribution in [2.45, 2.75) is 0 Å². The van der Waals surface area contributed by atoms with Crippen LogP contribution >= 0.6 is 11.3 Å². The lowest BCUT2D eigenvalue weighted by Crippen LogP contribution is -1.82. The molecule has 2 nitrogen and oxygen atoms in total. The van der Waals surface area contributed by atoms with Crippen molar-refractivity contribution >= 4 is 28.0 Å². The zero-order chi connectivity index (χ0) is 10.3. The summed E-state index contributed by atoms with van der Waals surface area (Å²) < 4.78 is 5.72. The number of furan rings is 1. The van der Waals surface area contributed by atoms with E-state index in [0.29, 0.717) is 0 Å². The Morgan fingerprint density at radius 3 is 2.73 bits per heavy atom. The van der Waals surface area contributed by atoms with Crippen molar-refractivity contribution in [3.05, 3.63) is 41.1 Å².